The molecule has 0 saturated carbocycles. The predicted octanol–water partition coefficient (Wildman–Crippen LogP) is 4.12. The van der Waals surface area contributed by atoms with E-state index in [2.05, 4.69) is 20.6 Å². The number of aromatic nitrogens is 4. The van der Waals surface area contributed by atoms with Crippen LogP contribution >= 0.6 is 11.3 Å². The van der Waals surface area contributed by atoms with E-state index in [1.54, 1.807) is 43.6 Å². The summed E-state index contributed by atoms with van der Waals surface area (Å²) in [6.07, 6.45) is 1.65. The van der Waals surface area contributed by atoms with Crippen LogP contribution in [0.5, 0.6) is 17.2 Å². The molecule has 3 aromatic carbocycles. The molecule has 12 nitrogen and oxygen atoms in total. The van der Waals surface area contributed by atoms with Crippen LogP contribution in [0.25, 0.3) is 26.5 Å². The van der Waals surface area contributed by atoms with Crippen LogP contribution in [0.1, 0.15) is 16.1 Å². The normalized spacial score (nSPS) is 12.0. The molecule has 0 saturated heterocycles. The van der Waals surface area contributed by atoms with Crippen molar-refractivity contribution in [3.8, 4) is 33.5 Å². The fourth-order valence-electron chi connectivity index (χ4n) is 3.96. The quantitative estimate of drug-likeness (QED) is 0.243. The van der Waals surface area contributed by atoms with Crippen molar-refractivity contribution in [1.82, 2.24) is 25.3 Å². The van der Waals surface area contributed by atoms with Gasteiger partial charge in [0.1, 0.15) is 22.0 Å². The van der Waals surface area contributed by atoms with Crippen LogP contribution in [-0.2, 0) is 6.54 Å². The largest absolute Gasteiger partial charge is 0.497 e. The second-order valence-corrected chi connectivity index (χ2v) is 9.25. The monoisotopic (exact) mass is 530 g/mol. The van der Waals surface area contributed by atoms with Gasteiger partial charge in [0.05, 0.1) is 40.7 Å². The summed E-state index contributed by atoms with van der Waals surface area (Å²) in [7, 11) is 1.58. The summed E-state index contributed by atoms with van der Waals surface area (Å²) in [5.41, 5.74) is 2.09. The molecule has 6 rings (SSSR count). The lowest BCUT2D eigenvalue weighted by molar-refractivity contribution is -0.385. The van der Waals surface area contributed by atoms with Gasteiger partial charge in [-0.05, 0) is 36.4 Å². The summed E-state index contributed by atoms with van der Waals surface area (Å²) in [4.78, 5) is 28.7. The molecular weight excluding hydrogens is 512 g/mol. The maximum absolute atomic E-state index is 12.9. The van der Waals surface area contributed by atoms with E-state index in [4.69, 9.17) is 14.2 Å². The molecule has 2 aromatic heterocycles. The third-order valence-electron chi connectivity index (χ3n) is 5.87. The molecule has 0 aliphatic carbocycles. The van der Waals surface area contributed by atoms with Crippen LogP contribution in [-0.4, -0.2) is 44.7 Å². The van der Waals surface area contributed by atoms with Gasteiger partial charge in [0, 0.05) is 17.7 Å². The summed E-state index contributed by atoms with van der Waals surface area (Å²) in [5, 5.41) is 23.3. The minimum Gasteiger partial charge on any atom is -0.497 e. The lowest BCUT2D eigenvalue weighted by Gasteiger charge is -2.06. The van der Waals surface area contributed by atoms with E-state index in [1.807, 2.05) is 12.1 Å². The molecule has 1 aliphatic rings. The highest BCUT2D eigenvalue weighted by Gasteiger charge is 2.22. The number of benzene rings is 3. The van der Waals surface area contributed by atoms with Gasteiger partial charge in [0.15, 0.2) is 11.5 Å². The number of thiazole rings is 1. The summed E-state index contributed by atoms with van der Waals surface area (Å²) < 4.78 is 18.4. The van der Waals surface area contributed by atoms with Crippen LogP contribution in [0.2, 0.25) is 0 Å². The Labute approximate surface area is 218 Å². The van der Waals surface area contributed by atoms with Gasteiger partial charge in [0.25, 0.3) is 11.6 Å². The van der Waals surface area contributed by atoms with Gasteiger partial charge in [-0.15, -0.1) is 16.4 Å². The molecule has 0 radical (unpaired) electrons. The number of amides is 1. The minimum absolute atomic E-state index is 0.0298. The molecule has 0 spiro atoms. The molecule has 190 valence electrons. The van der Waals surface area contributed by atoms with Gasteiger partial charge in [-0.2, -0.15) is 0 Å². The molecular formula is C25H18N6O6S. The second-order valence-electron chi connectivity index (χ2n) is 8.22. The number of nitro groups is 1. The number of nitro benzene ring substituents is 1. The summed E-state index contributed by atoms with van der Waals surface area (Å²) in [6.45, 7) is 0.193. The number of nitrogens with one attached hydrogen (secondary N) is 1. The minimum atomic E-state index is -0.602. The fourth-order valence-corrected chi connectivity index (χ4v) is 4.95. The van der Waals surface area contributed by atoms with E-state index in [0.717, 1.165) is 10.2 Å². The van der Waals surface area contributed by atoms with Crippen molar-refractivity contribution < 1.29 is 23.9 Å². The molecule has 0 fully saturated rings. The number of carbonyl (C=O) groups excluding carboxylic acids is 1. The van der Waals surface area contributed by atoms with Crippen molar-refractivity contribution in [3.63, 3.8) is 0 Å². The fraction of sp³-hybridized carbons (Fsp3) is 0.120. The summed E-state index contributed by atoms with van der Waals surface area (Å²) in [6, 6.07) is 15.3. The first-order chi connectivity index (χ1) is 18.5. The number of hydrogen-bond acceptors (Lipinski definition) is 10. The Hall–Kier alpha value is -5.04. The van der Waals surface area contributed by atoms with E-state index in [-0.39, 0.29) is 24.6 Å². The predicted molar refractivity (Wildman–Crippen MR) is 137 cm³/mol. The maximum Gasteiger partial charge on any atom is 0.282 e. The zero-order chi connectivity index (χ0) is 26.2. The van der Waals surface area contributed by atoms with Gasteiger partial charge in [-0.1, -0.05) is 11.3 Å². The Bertz CT molecular complexity index is 1710. The van der Waals surface area contributed by atoms with Crippen LogP contribution in [0.4, 0.5) is 5.69 Å². The highest BCUT2D eigenvalue weighted by atomic mass is 32.1. The van der Waals surface area contributed by atoms with Crippen LogP contribution in [0, 0.1) is 10.1 Å². The zero-order valence-electron chi connectivity index (χ0n) is 19.8. The van der Waals surface area contributed by atoms with Crippen molar-refractivity contribution >= 4 is 33.1 Å². The molecule has 1 amide bonds. The number of hydrogen-bond donors (Lipinski definition) is 1. The average molecular weight is 531 g/mol. The van der Waals surface area contributed by atoms with Crippen LogP contribution < -0.4 is 19.5 Å². The average Bonchev–Trinajstić information content (AvgIpc) is 3.69. The lowest BCUT2D eigenvalue weighted by Crippen LogP contribution is -2.24. The first-order valence-corrected chi connectivity index (χ1v) is 12.1. The molecule has 1 aliphatic heterocycles. The van der Waals surface area contributed by atoms with Crippen LogP contribution in [0.15, 0.2) is 60.8 Å². The summed E-state index contributed by atoms with van der Waals surface area (Å²) >= 11 is 1.38. The van der Waals surface area contributed by atoms with Crippen molar-refractivity contribution in [2.75, 3.05) is 13.9 Å². The first kappa shape index (κ1) is 23.4. The van der Waals surface area contributed by atoms with Crippen molar-refractivity contribution in [2.45, 2.75) is 6.54 Å². The van der Waals surface area contributed by atoms with E-state index in [9.17, 15) is 14.9 Å². The van der Waals surface area contributed by atoms with Crippen molar-refractivity contribution in [3.05, 3.63) is 82.2 Å². The standard InChI is InChI=1S/C25H18N6O6S/c1-35-17-4-6-19-23(10-17)38-25(27-19)14-2-5-18(20(8-14)31(33)34)24(32)26-11-15-12-30(29-28-15)16-3-7-21-22(9-16)37-13-36-21/h2-10,12H,11,13H2,1H3,(H,26,32). The van der Waals surface area contributed by atoms with E-state index in [0.29, 0.717) is 39.2 Å². The molecule has 3 heterocycles. The van der Waals surface area contributed by atoms with Gasteiger partial charge in [0.2, 0.25) is 6.79 Å². The van der Waals surface area contributed by atoms with Crippen molar-refractivity contribution in [1.29, 1.82) is 0 Å². The van der Waals surface area contributed by atoms with Gasteiger partial charge in [-0.3, -0.25) is 14.9 Å². The third kappa shape index (κ3) is 4.35. The highest BCUT2D eigenvalue weighted by Crippen LogP contribution is 2.35. The molecule has 1 N–H and O–H groups in total. The highest BCUT2D eigenvalue weighted by molar-refractivity contribution is 7.21. The smallest absolute Gasteiger partial charge is 0.282 e. The number of fused-ring (bicyclic) bond motifs is 2. The Balaban J connectivity index is 1.19. The molecule has 0 unspecified atom stereocenters. The van der Waals surface area contributed by atoms with Gasteiger partial charge >= 0.3 is 0 Å². The zero-order valence-corrected chi connectivity index (χ0v) is 20.6. The second kappa shape index (κ2) is 9.44. The number of carbonyl (C=O) groups is 1. The van der Waals surface area contributed by atoms with Crippen LogP contribution in [0.3, 0.4) is 0 Å². The Morgan fingerprint density at radius 2 is 2.03 bits per heavy atom. The van der Waals surface area contributed by atoms with Crippen molar-refractivity contribution in [2.24, 2.45) is 0 Å². The van der Waals surface area contributed by atoms with E-state index < -0.39 is 10.8 Å². The molecule has 5 aromatic rings. The lowest BCUT2D eigenvalue weighted by atomic mass is 10.1. The third-order valence-corrected chi connectivity index (χ3v) is 6.94. The summed E-state index contributed by atoms with van der Waals surface area (Å²) in [5.74, 6) is 1.35. The Morgan fingerprint density at radius 3 is 2.87 bits per heavy atom. The molecule has 13 heteroatoms. The Kier molecular flexibility index (Phi) is 5.81. The number of nitrogens with zero attached hydrogens (tertiary/aromatic N) is 5. The maximum atomic E-state index is 12.9. The molecule has 38 heavy (non-hydrogen) atoms. The molecule has 0 atom stereocenters. The van der Waals surface area contributed by atoms with Gasteiger partial charge in [-0.25, -0.2) is 9.67 Å². The topological polar surface area (TPSA) is 144 Å². The number of methoxy groups -OCH3 is 1. The van der Waals surface area contributed by atoms with E-state index in [1.165, 1.54) is 28.2 Å². The number of rotatable bonds is 7. The SMILES string of the molecule is COc1ccc2nc(-c3ccc(C(=O)NCc4cn(-c5ccc6c(c5)OCO6)nn4)c([N+](=O)[O-])c3)sc2c1. The first-order valence-electron chi connectivity index (χ1n) is 11.3. The Morgan fingerprint density at radius 1 is 1.16 bits per heavy atom. The van der Waals surface area contributed by atoms with Gasteiger partial charge < -0.3 is 19.5 Å². The number of ether oxygens (including phenoxy) is 3. The van der Waals surface area contributed by atoms with E-state index >= 15 is 0 Å². The molecule has 0 bridgehead atoms.